The number of carbonyl (C=O) groups is 1. The second kappa shape index (κ2) is 12.5. The molecule has 43 heavy (non-hydrogen) atoms. The first-order valence-electron chi connectivity index (χ1n) is 11.3. The normalized spacial score (nSPS) is 19.7. The van der Waals surface area contributed by atoms with Crippen molar-refractivity contribution in [2.45, 2.75) is 72.6 Å². The minimum Gasteiger partial charge on any atom is -0.743 e. The van der Waals surface area contributed by atoms with Gasteiger partial charge in [-0.1, -0.05) is 12.8 Å². The monoisotopic (exact) mass is 714 g/mol. The third kappa shape index (κ3) is 6.94. The van der Waals surface area contributed by atoms with E-state index in [-0.39, 0.29) is 0 Å². The van der Waals surface area contributed by atoms with E-state index in [1.807, 2.05) is 0 Å². The molecule has 2 aliphatic rings. The summed E-state index contributed by atoms with van der Waals surface area (Å²) in [5, 5.41) is -7.95. The molecule has 0 unspecified atom stereocenters. The number of ether oxygens (including phenoxy) is 1. The fourth-order valence-electron chi connectivity index (χ4n) is 3.58. The Morgan fingerprint density at radius 1 is 0.651 bits per heavy atom. The lowest BCUT2D eigenvalue weighted by molar-refractivity contribution is -0.458. The van der Waals surface area contributed by atoms with Gasteiger partial charge < -0.3 is 9.29 Å². The molecule has 0 aromatic rings. The highest BCUT2D eigenvalue weighted by Crippen LogP contribution is 2.64. The van der Waals surface area contributed by atoms with Gasteiger partial charge in [0.15, 0.2) is 21.7 Å². The molecule has 1 saturated carbocycles. The van der Waals surface area contributed by atoms with E-state index in [4.69, 9.17) is 4.74 Å². The molecular formula is C19H19F17O5S2. The van der Waals surface area contributed by atoms with Crippen LogP contribution in [0.1, 0.15) is 25.7 Å². The van der Waals surface area contributed by atoms with Gasteiger partial charge in [-0.3, -0.25) is 4.79 Å². The number of alkyl halides is 17. The Bertz CT molecular complexity index is 1080. The molecular weight excluding hydrogens is 695 g/mol. The first kappa shape index (κ1) is 39.7. The van der Waals surface area contributed by atoms with Crippen molar-refractivity contribution in [1.82, 2.24) is 0 Å². The summed E-state index contributed by atoms with van der Waals surface area (Å²) >= 11 is 0. The third-order valence-electron chi connectivity index (χ3n) is 6.20. The predicted molar refractivity (Wildman–Crippen MR) is 110 cm³/mol. The van der Waals surface area contributed by atoms with Gasteiger partial charge in [0.1, 0.15) is 11.5 Å². The van der Waals surface area contributed by atoms with Gasteiger partial charge in [0, 0.05) is 5.92 Å². The van der Waals surface area contributed by atoms with Crippen molar-refractivity contribution in [1.29, 1.82) is 0 Å². The van der Waals surface area contributed by atoms with Gasteiger partial charge in [-0.05, 0) is 23.7 Å². The van der Waals surface area contributed by atoms with Crippen molar-refractivity contribution in [3.8, 4) is 0 Å². The van der Waals surface area contributed by atoms with Crippen LogP contribution in [0.5, 0.6) is 0 Å². The molecule has 2 fully saturated rings. The third-order valence-corrected chi connectivity index (χ3v) is 9.26. The van der Waals surface area contributed by atoms with E-state index in [9.17, 15) is 92.4 Å². The topological polar surface area (TPSA) is 83.5 Å². The van der Waals surface area contributed by atoms with Crippen molar-refractivity contribution in [3.63, 3.8) is 0 Å². The number of hydrogen-bond donors (Lipinski definition) is 0. The molecule has 1 aliphatic heterocycles. The van der Waals surface area contributed by atoms with E-state index in [1.165, 1.54) is 12.8 Å². The first-order valence-corrected chi connectivity index (χ1v) is 14.4. The average molecular weight is 714 g/mol. The quantitative estimate of drug-likeness (QED) is 0.160. The molecule has 0 aromatic carbocycles. The van der Waals surface area contributed by atoms with Crippen LogP contribution < -0.4 is 0 Å². The molecule has 1 aliphatic carbocycles. The fraction of sp³-hybridized carbons (Fsp3) is 0.947. The van der Waals surface area contributed by atoms with Crippen LogP contribution in [0, 0.1) is 5.92 Å². The van der Waals surface area contributed by atoms with Gasteiger partial charge in [-0.15, -0.1) is 0 Å². The number of Topliss-reactive ketones (excluding diaryl/α,β-unsaturated/α-hetero) is 1. The lowest BCUT2D eigenvalue weighted by Gasteiger charge is -2.42. The highest BCUT2D eigenvalue weighted by molar-refractivity contribution is 7.97. The summed E-state index contributed by atoms with van der Waals surface area (Å²) < 4.78 is 249. The average Bonchev–Trinajstić information content (AvgIpc) is 3.38. The Morgan fingerprint density at radius 3 is 1.35 bits per heavy atom. The van der Waals surface area contributed by atoms with Gasteiger partial charge in [-0.2, -0.15) is 74.6 Å². The Morgan fingerprint density at radius 2 is 1.00 bits per heavy atom. The lowest BCUT2D eigenvalue weighted by atomic mass is 9.91. The van der Waals surface area contributed by atoms with Gasteiger partial charge in [0.05, 0.1) is 13.2 Å². The Hall–Kier alpha value is -1.30. The predicted octanol–water partition coefficient (Wildman–Crippen LogP) is 5.89. The van der Waals surface area contributed by atoms with Gasteiger partial charge in [-0.25, -0.2) is 8.42 Å². The molecule has 0 N–H and O–H groups in total. The van der Waals surface area contributed by atoms with E-state index in [2.05, 4.69) is 0 Å². The molecule has 1 heterocycles. The highest BCUT2D eigenvalue weighted by Gasteiger charge is 2.95. The summed E-state index contributed by atoms with van der Waals surface area (Å²) in [5.41, 5.74) is 0. The van der Waals surface area contributed by atoms with Gasteiger partial charge in [0.2, 0.25) is 0 Å². The van der Waals surface area contributed by atoms with Crippen LogP contribution in [0.15, 0.2) is 0 Å². The molecule has 0 spiro atoms. The number of halogens is 17. The Kier molecular flexibility index (Phi) is 11.5. The molecule has 5 nitrogen and oxygen atoms in total. The molecule has 0 amide bonds. The van der Waals surface area contributed by atoms with Crippen molar-refractivity contribution in [3.05, 3.63) is 0 Å². The largest absolute Gasteiger partial charge is 0.743 e. The second-order valence-corrected chi connectivity index (χ2v) is 12.9. The summed E-state index contributed by atoms with van der Waals surface area (Å²) in [6.45, 7) is 1.75. The number of ketones is 1. The van der Waals surface area contributed by atoms with Crippen LogP contribution in [0.3, 0.4) is 0 Å². The summed E-state index contributed by atoms with van der Waals surface area (Å²) in [6, 6.07) is 0. The van der Waals surface area contributed by atoms with E-state index in [0.717, 1.165) is 43.3 Å². The molecule has 0 radical (unpaired) electrons. The van der Waals surface area contributed by atoms with Crippen LogP contribution in [0.4, 0.5) is 74.6 Å². The minimum atomic E-state index is -8.92. The number of carbonyl (C=O) groups excluding carboxylic acids is 1. The molecule has 0 aromatic heterocycles. The zero-order chi connectivity index (χ0) is 34.3. The SMILES string of the molecule is O=C(C[S+]1CCOCC1)C1CCCC1.O=S(=O)([O-])C(F)(F)C(F)(F)C(F)(F)C(F)(F)C(F)(F)C(F)(F)C(F)(F)C(F)(F)F. The van der Waals surface area contributed by atoms with Crippen LogP contribution in [0.2, 0.25) is 0 Å². The molecule has 0 bridgehead atoms. The van der Waals surface area contributed by atoms with E-state index in [1.54, 1.807) is 0 Å². The Balaban J connectivity index is 0.000000541. The van der Waals surface area contributed by atoms with Gasteiger partial charge in [0.25, 0.3) is 0 Å². The number of hydrogen-bond acceptors (Lipinski definition) is 5. The second-order valence-electron chi connectivity index (χ2n) is 9.14. The van der Waals surface area contributed by atoms with Crippen molar-refractivity contribution < 1.29 is 97.1 Å². The minimum absolute atomic E-state index is 0.355. The Labute approximate surface area is 233 Å². The number of rotatable bonds is 10. The summed E-state index contributed by atoms with van der Waals surface area (Å²) in [4.78, 5) is 11.9. The molecule has 1 saturated heterocycles. The zero-order valence-electron chi connectivity index (χ0n) is 20.7. The maximum Gasteiger partial charge on any atom is 0.460 e. The van der Waals surface area contributed by atoms with Crippen LogP contribution in [-0.2, 0) is 30.5 Å². The molecule has 256 valence electrons. The maximum absolute atomic E-state index is 13.0. The van der Waals surface area contributed by atoms with E-state index >= 15 is 0 Å². The molecule has 24 heteroatoms. The molecule has 2 rings (SSSR count). The smallest absolute Gasteiger partial charge is 0.460 e. The fourth-order valence-corrected chi connectivity index (χ4v) is 5.86. The van der Waals surface area contributed by atoms with E-state index < -0.39 is 57.1 Å². The highest BCUT2D eigenvalue weighted by atomic mass is 32.2. The summed E-state index contributed by atoms with van der Waals surface area (Å²) in [6.07, 6.45) is -3.03. The first-order chi connectivity index (χ1) is 18.9. The standard InChI is InChI=1S/C11H19O2S.C8HF17O3S/c12-11(10-3-1-2-4-10)9-14-7-5-13-6-8-14;9-1(10,3(13,14)5(17,18)7(21,22)23)2(11,12)4(15,16)6(19,20)8(24,25)29(26,27)28/h10H,1-9H2;(H,26,27,28)/q+1;/p-1. The lowest BCUT2D eigenvalue weighted by Crippen LogP contribution is -2.75. The summed E-state index contributed by atoms with van der Waals surface area (Å²) in [5.74, 6) is -48.1. The summed E-state index contributed by atoms with van der Waals surface area (Å²) in [7, 11) is -7.79. The van der Waals surface area contributed by atoms with Crippen LogP contribution in [0.25, 0.3) is 0 Å². The van der Waals surface area contributed by atoms with Crippen LogP contribution in [-0.4, -0.2) is 96.2 Å². The van der Waals surface area contributed by atoms with Crippen molar-refractivity contribution in [2.75, 3.05) is 30.5 Å². The zero-order valence-corrected chi connectivity index (χ0v) is 22.4. The van der Waals surface area contributed by atoms with E-state index in [0.29, 0.717) is 22.6 Å². The van der Waals surface area contributed by atoms with Crippen LogP contribution >= 0.6 is 0 Å². The maximum atomic E-state index is 13.0. The van der Waals surface area contributed by atoms with Crippen molar-refractivity contribution in [2.24, 2.45) is 5.92 Å². The molecule has 0 atom stereocenters. The van der Waals surface area contributed by atoms with Gasteiger partial charge >= 0.3 is 47.0 Å². The van der Waals surface area contributed by atoms with Crippen molar-refractivity contribution >= 4 is 26.8 Å².